The number of nitriles is 2. The van der Waals surface area contributed by atoms with Crippen LogP contribution in [0.4, 0.5) is 5.82 Å². The predicted octanol–water partition coefficient (Wildman–Crippen LogP) is 2.32. The highest BCUT2D eigenvalue weighted by molar-refractivity contribution is 8.00. The van der Waals surface area contributed by atoms with E-state index >= 15 is 0 Å². The van der Waals surface area contributed by atoms with Crippen LogP contribution in [0.1, 0.15) is 36.1 Å². The number of hydrogen-bond donors (Lipinski definition) is 2. The highest BCUT2D eigenvalue weighted by Crippen LogP contribution is 2.25. The van der Waals surface area contributed by atoms with Gasteiger partial charge in [0.2, 0.25) is 5.91 Å². The minimum Gasteiger partial charge on any atom is -0.497 e. The van der Waals surface area contributed by atoms with Crippen LogP contribution >= 0.6 is 11.8 Å². The van der Waals surface area contributed by atoms with Crippen LogP contribution in [0.3, 0.4) is 0 Å². The molecule has 3 N–H and O–H groups in total. The largest absolute Gasteiger partial charge is 0.497 e. The number of nitrogens with zero attached hydrogens (tertiary/aromatic N) is 3. The van der Waals surface area contributed by atoms with Crippen molar-refractivity contribution < 1.29 is 19.1 Å². The number of carbonyl (C=O) groups excluding carboxylic acids is 2. The van der Waals surface area contributed by atoms with Crippen LogP contribution in [-0.2, 0) is 14.3 Å². The second-order valence-electron chi connectivity index (χ2n) is 6.19. The van der Waals surface area contributed by atoms with Gasteiger partial charge in [0, 0.05) is 0 Å². The van der Waals surface area contributed by atoms with Gasteiger partial charge >= 0.3 is 5.97 Å². The molecular weight excluding hydrogens is 418 g/mol. The Labute approximate surface area is 184 Å². The van der Waals surface area contributed by atoms with Crippen molar-refractivity contribution in [2.75, 3.05) is 25.2 Å². The molecule has 1 unspecified atom stereocenters. The summed E-state index contributed by atoms with van der Waals surface area (Å²) < 4.78 is 10.1. The number of rotatable bonds is 9. The molecule has 2 rings (SSSR count). The lowest BCUT2D eigenvalue weighted by Gasteiger charge is -2.19. The van der Waals surface area contributed by atoms with E-state index in [9.17, 15) is 14.9 Å². The second kappa shape index (κ2) is 11.4. The minimum atomic E-state index is -0.604. The molecule has 0 aliphatic carbocycles. The Hall–Kier alpha value is -3.76. The zero-order valence-electron chi connectivity index (χ0n) is 17.0. The van der Waals surface area contributed by atoms with Crippen molar-refractivity contribution in [3.63, 3.8) is 0 Å². The summed E-state index contributed by atoms with van der Waals surface area (Å²) in [7, 11) is 1.55. The van der Waals surface area contributed by atoms with Crippen molar-refractivity contribution in [2.24, 2.45) is 0 Å². The molecular formula is C21H21N5O4S. The quantitative estimate of drug-likeness (QED) is 0.443. The number of nitrogen functional groups attached to an aromatic ring is 1. The topological polar surface area (TPSA) is 151 Å². The zero-order valence-corrected chi connectivity index (χ0v) is 17.9. The number of nitrogens with two attached hydrogens (primary N) is 1. The maximum atomic E-state index is 12.6. The number of nitrogens with one attached hydrogen (secondary N) is 1. The number of carbonyl (C=O) groups is 2. The van der Waals surface area contributed by atoms with E-state index in [1.165, 1.54) is 6.07 Å². The smallest absolute Gasteiger partial charge is 0.308 e. The average molecular weight is 439 g/mol. The highest BCUT2D eigenvalue weighted by Gasteiger charge is 2.20. The molecule has 1 aromatic carbocycles. The van der Waals surface area contributed by atoms with Gasteiger partial charge in [0.25, 0.3) is 0 Å². The van der Waals surface area contributed by atoms with Crippen LogP contribution < -0.4 is 15.8 Å². The maximum Gasteiger partial charge on any atom is 0.308 e. The highest BCUT2D eigenvalue weighted by atomic mass is 32.2. The van der Waals surface area contributed by atoms with Crippen LogP contribution in [-0.4, -0.2) is 36.3 Å². The summed E-state index contributed by atoms with van der Waals surface area (Å²) in [6, 6.07) is 11.5. The summed E-state index contributed by atoms with van der Waals surface area (Å²) in [5.74, 6) is -0.243. The lowest BCUT2D eigenvalue weighted by molar-refractivity contribution is -0.143. The summed E-state index contributed by atoms with van der Waals surface area (Å²) in [6.45, 7) is 1.94. The fourth-order valence-electron chi connectivity index (χ4n) is 2.63. The third-order valence-corrected chi connectivity index (χ3v) is 5.12. The summed E-state index contributed by atoms with van der Waals surface area (Å²) in [5, 5.41) is 21.3. The Morgan fingerprint density at radius 1 is 1.23 bits per heavy atom. The molecule has 10 heteroatoms. The second-order valence-corrected chi connectivity index (χ2v) is 7.15. The number of esters is 1. The molecule has 0 fully saturated rings. The first-order chi connectivity index (χ1) is 14.9. The van der Waals surface area contributed by atoms with Gasteiger partial charge in [-0.3, -0.25) is 9.59 Å². The molecule has 160 valence electrons. The number of amides is 1. The number of benzene rings is 1. The van der Waals surface area contributed by atoms with E-state index in [4.69, 9.17) is 20.5 Å². The molecule has 9 nitrogen and oxygen atoms in total. The van der Waals surface area contributed by atoms with E-state index in [1.807, 2.05) is 12.1 Å². The van der Waals surface area contributed by atoms with E-state index < -0.39 is 12.0 Å². The average Bonchev–Trinajstić information content (AvgIpc) is 2.77. The first kappa shape index (κ1) is 23.5. The molecule has 2 aromatic rings. The lowest BCUT2D eigenvalue weighted by atomic mass is 10.0. The maximum absolute atomic E-state index is 12.6. The number of aromatic nitrogens is 1. The van der Waals surface area contributed by atoms with Gasteiger partial charge in [-0.05, 0) is 30.7 Å². The van der Waals surface area contributed by atoms with E-state index in [0.717, 1.165) is 11.8 Å². The summed E-state index contributed by atoms with van der Waals surface area (Å²) in [4.78, 5) is 28.6. The van der Waals surface area contributed by atoms with Crippen molar-refractivity contribution in [1.82, 2.24) is 10.3 Å². The van der Waals surface area contributed by atoms with Gasteiger partial charge in [0.05, 0.1) is 43.1 Å². The Kier molecular flexibility index (Phi) is 8.67. The molecule has 0 spiro atoms. The standard InChI is InChI=1S/C21H21N5O4S/c1-3-30-19(28)9-17(13-4-6-16(29-2)7-5-13)25-18(27)12-31-21-15(11-23)8-14(10-22)20(24)26-21/h4-8,17H,3,9,12H2,1-2H3,(H2,24,26)(H,25,27). The van der Waals surface area contributed by atoms with Crippen molar-refractivity contribution >= 4 is 29.5 Å². The molecule has 0 bridgehead atoms. The molecule has 0 saturated carbocycles. The molecule has 0 aliphatic heterocycles. The predicted molar refractivity (Wildman–Crippen MR) is 114 cm³/mol. The molecule has 1 atom stereocenters. The van der Waals surface area contributed by atoms with Gasteiger partial charge in [-0.25, -0.2) is 4.98 Å². The van der Waals surface area contributed by atoms with Crippen LogP contribution in [0.5, 0.6) is 5.75 Å². The van der Waals surface area contributed by atoms with Crippen LogP contribution in [0.15, 0.2) is 35.4 Å². The fourth-order valence-corrected chi connectivity index (χ4v) is 3.41. The number of thioether (sulfide) groups is 1. The van der Waals surface area contributed by atoms with Crippen molar-refractivity contribution in [1.29, 1.82) is 10.5 Å². The molecule has 1 aromatic heterocycles. The van der Waals surface area contributed by atoms with Gasteiger partial charge in [-0.15, -0.1) is 0 Å². The van der Waals surface area contributed by atoms with Gasteiger partial charge in [-0.2, -0.15) is 10.5 Å². The Morgan fingerprint density at radius 2 is 1.90 bits per heavy atom. The Bertz CT molecular complexity index is 1030. The number of ether oxygens (including phenoxy) is 2. The number of pyridine rings is 1. The Morgan fingerprint density at radius 3 is 2.48 bits per heavy atom. The molecule has 0 aliphatic rings. The molecule has 0 radical (unpaired) electrons. The third-order valence-electron chi connectivity index (χ3n) is 4.13. The van der Waals surface area contributed by atoms with Crippen molar-refractivity contribution in [3.05, 3.63) is 47.0 Å². The first-order valence-corrected chi connectivity index (χ1v) is 10.2. The van der Waals surface area contributed by atoms with E-state index in [-0.39, 0.29) is 46.7 Å². The van der Waals surface area contributed by atoms with Gasteiger partial charge in [0.15, 0.2) is 0 Å². The fraction of sp³-hybridized carbons (Fsp3) is 0.286. The zero-order chi connectivity index (χ0) is 22.8. The molecule has 1 heterocycles. The van der Waals surface area contributed by atoms with Crippen molar-refractivity contribution in [2.45, 2.75) is 24.4 Å². The number of hydrogen-bond acceptors (Lipinski definition) is 9. The minimum absolute atomic E-state index is 0.0113. The molecule has 0 saturated heterocycles. The van der Waals surface area contributed by atoms with E-state index in [0.29, 0.717) is 11.3 Å². The third kappa shape index (κ3) is 6.63. The lowest BCUT2D eigenvalue weighted by Crippen LogP contribution is -2.32. The number of anilines is 1. The molecule has 1 amide bonds. The Balaban J connectivity index is 2.12. The normalized spacial score (nSPS) is 11.0. The first-order valence-electron chi connectivity index (χ1n) is 9.24. The monoisotopic (exact) mass is 439 g/mol. The SMILES string of the molecule is CCOC(=O)CC(NC(=O)CSc1nc(N)c(C#N)cc1C#N)c1ccc(OC)cc1. The van der Waals surface area contributed by atoms with Gasteiger partial charge in [-0.1, -0.05) is 23.9 Å². The van der Waals surface area contributed by atoms with Gasteiger partial charge in [0.1, 0.15) is 28.7 Å². The summed E-state index contributed by atoms with van der Waals surface area (Å²) >= 11 is 1.01. The number of methoxy groups -OCH3 is 1. The van der Waals surface area contributed by atoms with E-state index in [1.54, 1.807) is 38.3 Å². The summed E-state index contributed by atoms with van der Waals surface area (Å²) in [5.41, 5.74) is 6.67. The molecule has 31 heavy (non-hydrogen) atoms. The van der Waals surface area contributed by atoms with Gasteiger partial charge < -0.3 is 20.5 Å². The van der Waals surface area contributed by atoms with E-state index in [2.05, 4.69) is 10.3 Å². The van der Waals surface area contributed by atoms with Crippen LogP contribution in [0, 0.1) is 22.7 Å². The van der Waals surface area contributed by atoms with Crippen LogP contribution in [0.2, 0.25) is 0 Å². The van der Waals surface area contributed by atoms with Crippen molar-refractivity contribution in [3.8, 4) is 17.9 Å². The summed E-state index contributed by atoms with van der Waals surface area (Å²) in [6.07, 6.45) is -0.0396. The van der Waals surface area contributed by atoms with Crippen LogP contribution in [0.25, 0.3) is 0 Å².